The summed E-state index contributed by atoms with van der Waals surface area (Å²) in [5.41, 5.74) is 0.371. The molecule has 1 atom stereocenters. The molecule has 1 fully saturated rings. The quantitative estimate of drug-likeness (QED) is 0.863. The molecular weight excluding hydrogens is 266 g/mol. The average molecular weight is 282 g/mol. The maximum atomic E-state index is 11.5. The average Bonchev–Trinajstić information content (AvgIpc) is 2.40. The molecule has 5 heteroatoms. The summed E-state index contributed by atoms with van der Waals surface area (Å²) in [4.78, 5) is 15.3. The molecule has 0 radical (unpaired) electrons. The molecule has 0 bridgehead atoms. The van der Waals surface area contributed by atoms with Gasteiger partial charge in [-0.05, 0) is 37.3 Å². The Balaban J connectivity index is 2.47. The molecular formula is C14H16ClNO3. The van der Waals surface area contributed by atoms with Crippen LogP contribution < -0.4 is 0 Å². The van der Waals surface area contributed by atoms with Crippen LogP contribution in [0, 0.1) is 0 Å². The van der Waals surface area contributed by atoms with Crippen molar-refractivity contribution in [1.82, 2.24) is 0 Å². The summed E-state index contributed by atoms with van der Waals surface area (Å²) in [5, 5.41) is 10.0. The van der Waals surface area contributed by atoms with Crippen molar-refractivity contribution < 1.29 is 14.6 Å². The highest BCUT2D eigenvalue weighted by Gasteiger charge is 2.45. The number of benzene rings is 1. The van der Waals surface area contributed by atoms with E-state index in [1.165, 1.54) is 0 Å². The zero-order chi connectivity index (χ0) is 13.9. The molecule has 1 heterocycles. The van der Waals surface area contributed by atoms with Crippen LogP contribution in [-0.2, 0) is 14.9 Å². The van der Waals surface area contributed by atoms with Gasteiger partial charge in [0.1, 0.15) is 0 Å². The van der Waals surface area contributed by atoms with Crippen LogP contribution in [0.25, 0.3) is 0 Å². The first-order valence-corrected chi connectivity index (χ1v) is 6.50. The Kier molecular flexibility index (Phi) is 4.22. The highest BCUT2D eigenvalue weighted by atomic mass is 35.5. The van der Waals surface area contributed by atoms with Crippen molar-refractivity contribution in [3.05, 3.63) is 34.9 Å². The second-order valence-corrected chi connectivity index (χ2v) is 5.14. The highest BCUT2D eigenvalue weighted by molar-refractivity contribution is 6.30. The minimum atomic E-state index is -0.952. The van der Waals surface area contributed by atoms with E-state index in [1.54, 1.807) is 12.1 Å². The van der Waals surface area contributed by atoms with E-state index in [0.29, 0.717) is 31.1 Å². The number of ether oxygens (including phenoxy) is 1. The van der Waals surface area contributed by atoms with Crippen LogP contribution in [-0.4, -0.2) is 37.0 Å². The van der Waals surface area contributed by atoms with Gasteiger partial charge in [-0.3, -0.25) is 4.99 Å². The number of aliphatic carboxylic acids is 1. The van der Waals surface area contributed by atoms with E-state index in [0.717, 1.165) is 5.56 Å². The van der Waals surface area contributed by atoms with Gasteiger partial charge in [0.05, 0.1) is 0 Å². The third-order valence-corrected chi connectivity index (χ3v) is 4.00. The van der Waals surface area contributed by atoms with Gasteiger partial charge in [-0.2, -0.15) is 0 Å². The van der Waals surface area contributed by atoms with E-state index in [2.05, 4.69) is 11.7 Å². The molecule has 0 saturated carbocycles. The van der Waals surface area contributed by atoms with Crippen LogP contribution in [0.15, 0.2) is 29.3 Å². The Morgan fingerprint density at radius 3 is 2.42 bits per heavy atom. The number of aliphatic imine (C=N–C) groups is 1. The fraction of sp³-hybridized carbons (Fsp3) is 0.429. The Labute approximate surface area is 117 Å². The number of carboxylic acid groups (broad SMARTS) is 1. The van der Waals surface area contributed by atoms with Gasteiger partial charge in [-0.25, -0.2) is 4.79 Å². The Morgan fingerprint density at radius 1 is 1.37 bits per heavy atom. The maximum absolute atomic E-state index is 11.5. The first-order chi connectivity index (χ1) is 9.10. The predicted octanol–water partition coefficient (Wildman–Crippen LogP) is 2.54. The van der Waals surface area contributed by atoms with E-state index in [9.17, 15) is 9.90 Å². The number of hydrogen-bond acceptors (Lipinski definition) is 3. The van der Waals surface area contributed by atoms with Crippen molar-refractivity contribution in [2.75, 3.05) is 13.2 Å². The van der Waals surface area contributed by atoms with Gasteiger partial charge >= 0.3 is 5.97 Å². The SMILES string of the molecule is C=N[C@H](C(=O)O)C1(c2ccc(Cl)cc2)CCOCC1. The zero-order valence-electron chi connectivity index (χ0n) is 10.5. The second kappa shape index (κ2) is 5.72. The summed E-state index contributed by atoms with van der Waals surface area (Å²) in [6.07, 6.45) is 1.23. The summed E-state index contributed by atoms with van der Waals surface area (Å²) in [6.45, 7) is 4.51. The third kappa shape index (κ3) is 2.65. The smallest absolute Gasteiger partial charge is 0.329 e. The molecule has 1 aromatic carbocycles. The summed E-state index contributed by atoms with van der Waals surface area (Å²) in [7, 11) is 0. The topological polar surface area (TPSA) is 58.9 Å². The third-order valence-electron chi connectivity index (χ3n) is 3.74. The summed E-state index contributed by atoms with van der Waals surface area (Å²) < 4.78 is 5.36. The summed E-state index contributed by atoms with van der Waals surface area (Å²) >= 11 is 5.90. The molecule has 4 nitrogen and oxygen atoms in total. The molecule has 0 aliphatic carbocycles. The van der Waals surface area contributed by atoms with Gasteiger partial charge in [0.2, 0.25) is 0 Å². The van der Waals surface area contributed by atoms with E-state index in [-0.39, 0.29) is 0 Å². The number of carboxylic acids is 1. The lowest BCUT2D eigenvalue weighted by Gasteiger charge is -2.40. The molecule has 1 aliphatic rings. The highest BCUT2D eigenvalue weighted by Crippen LogP contribution is 2.40. The van der Waals surface area contributed by atoms with E-state index in [4.69, 9.17) is 16.3 Å². The van der Waals surface area contributed by atoms with Crippen LogP contribution in [0.4, 0.5) is 0 Å². The van der Waals surface area contributed by atoms with Crippen LogP contribution in [0.5, 0.6) is 0 Å². The van der Waals surface area contributed by atoms with E-state index in [1.807, 2.05) is 12.1 Å². The van der Waals surface area contributed by atoms with Gasteiger partial charge in [0.25, 0.3) is 0 Å². The fourth-order valence-corrected chi connectivity index (χ4v) is 2.85. The molecule has 102 valence electrons. The van der Waals surface area contributed by atoms with Crippen molar-refractivity contribution in [2.24, 2.45) is 4.99 Å². The summed E-state index contributed by atoms with van der Waals surface area (Å²) in [5.74, 6) is -0.952. The Hall–Kier alpha value is -1.39. The number of nitrogens with zero attached hydrogens (tertiary/aromatic N) is 1. The molecule has 1 saturated heterocycles. The Morgan fingerprint density at radius 2 is 1.95 bits per heavy atom. The van der Waals surface area contributed by atoms with Gasteiger partial charge in [0, 0.05) is 23.7 Å². The van der Waals surface area contributed by atoms with Gasteiger partial charge < -0.3 is 9.84 Å². The van der Waals surface area contributed by atoms with Crippen LogP contribution in [0.2, 0.25) is 5.02 Å². The van der Waals surface area contributed by atoms with Gasteiger partial charge in [0.15, 0.2) is 6.04 Å². The van der Waals surface area contributed by atoms with Crippen LogP contribution in [0.1, 0.15) is 18.4 Å². The number of halogens is 1. The molecule has 0 unspecified atom stereocenters. The molecule has 2 rings (SSSR count). The normalized spacial score (nSPS) is 19.6. The second-order valence-electron chi connectivity index (χ2n) is 4.70. The van der Waals surface area contributed by atoms with Crippen molar-refractivity contribution in [3.63, 3.8) is 0 Å². The molecule has 1 aliphatic heterocycles. The number of rotatable bonds is 4. The molecule has 19 heavy (non-hydrogen) atoms. The van der Waals surface area contributed by atoms with Crippen LogP contribution >= 0.6 is 11.6 Å². The van der Waals surface area contributed by atoms with Gasteiger partial charge in [-0.15, -0.1) is 0 Å². The first-order valence-electron chi connectivity index (χ1n) is 6.12. The molecule has 1 N–H and O–H groups in total. The zero-order valence-corrected chi connectivity index (χ0v) is 11.3. The minimum absolute atomic E-state index is 0.530. The lowest BCUT2D eigenvalue weighted by molar-refractivity contribution is -0.141. The molecule has 0 amide bonds. The van der Waals surface area contributed by atoms with E-state index >= 15 is 0 Å². The van der Waals surface area contributed by atoms with Crippen molar-refractivity contribution >= 4 is 24.3 Å². The molecule has 1 aromatic rings. The van der Waals surface area contributed by atoms with Crippen molar-refractivity contribution in [3.8, 4) is 0 Å². The van der Waals surface area contributed by atoms with Crippen molar-refractivity contribution in [1.29, 1.82) is 0 Å². The predicted molar refractivity (Wildman–Crippen MR) is 74.2 cm³/mol. The number of carbonyl (C=O) groups is 1. The minimum Gasteiger partial charge on any atom is -0.480 e. The van der Waals surface area contributed by atoms with E-state index < -0.39 is 17.4 Å². The Bertz CT molecular complexity index is 466. The molecule has 0 spiro atoms. The molecule has 0 aromatic heterocycles. The van der Waals surface area contributed by atoms with Crippen molar-refractivity contribution in [2.45, 2.75) is 24.3 Å². The lowest BCUT2D eigenvalue weighted by atomic mass is 9.69. The van der Waals surface area contributed by atoms with Crippen LogP contribution in [0.3, 0.4) is 0 Å². The fourth-order valence-electron chi connectivity index (χ4n) is 2.73. The largest absolute Gasteiger partial charge is 0.480 e. The monoisotopic (exact) mass is 281 g/mol. The lowest BCUT2D eigenvalue weighted by Crippen LogP contribution is -2.47. The summed E-state index contributed by atoms with van der Waals surface area (Å²) in [6, 6.07) is 6.42. The van der Waals surface area contributed by atoms with Gasteiger partial charge in [-0.1, -0.05) is 23.7 Å². The standard InChI is InChI=1S/C14H16ClNO3/c1-16-12(13(17)18)14(6-8-19-9-7-14)10-2-4-11(15)5-3-10/h2-5,12H,1,6-9H2,(H,17,18)/t12-/m1/s1. The first kappa shape index (κ1) is 14.0. The maximum Gasteiger partial charge on any atom is 0.329 e. The number of hydrogen-bond donors (Lipinski definition) is 1.